The zero-order chi connectivity index (χ0) is 10.7. The van der Waals surface area contributed by atoms with Gasteiger partial charge in [0.05, 0.1) is 6.61 Å². The Morgan fingerprint density at radius 3 is 2.87 bits per heavy atom. The van der Waals surface area contributed by atoms with Crippen molar-refractivity contribution in [1.29, 1.82) is 0 Å². The van der Waals surface area contributed by atoms with Gasteiger partial charge in [-0.1, -0.05) is 12.8 Å². The molecule has 0 aromatic carbocycles. The van der Waals surface area contributed by atoms with Gasteiger partial charge in [0.1, 0.15) is 0 Å². The van der Waals surface area contributed by atoms with Crippen molar-refractivity contribution in [2.45, 2.75) is 50.6 Å². The van der Waals surface area contributed by atoms with Crippen molar-refractivity contribution in [2.24, 2.45) is 11.7 Å². The fourth-order valence-electron chi connectivity index (χ4n) is 2.67. The van der Waals surface area contributed by atoms with Crippen LogP contribution < -0.4 is 11.1 Å². The van der Waals surface area contributed by atoms with Crippen LogP contribution in [0.15, 0.2) is 0 Å². The van der Waals surface area contributed by atoms with E-state index in [9.17, 15) is 0 Å². The molecule has 2 fully saturated rings. The lowest BCUT2D eigenvalue weighted by atomic mass is 9.84. The lowest BCUT2D eigenvalue weighted by Crippen LogP contribution is -2.48. The van der Waals surface area contributed by atoms with Gasteiger partial charge >= 0.3 is 0 Å². The summed E-state index contributed by atoms with van der Waals surface area (Å²) in [6, 6.07) is 0.414. The first-order valence-corrected chi connectivity index (χ1v) is 6.28. The number of ether oxygens (including phenoxy) is 1. The third-order valence-electron chi connectivity index (χ3n) is 3.98. The smallest absolute Gasteiger partial charge is 0.0646 e. The molecule has 2 aliphatic rings. The van der Waals surface area contributed by atoms with Crippen LogP contribution in [-0.4, -0.2) is 31.3 Å². The fourth-order valence-corrected chi connectivity index (χ4v) is 2.67. The van der Waals surface area contributed by atoms with Crippen LogP contribution in [0.1, 0.15) is 39.0 Å². The number of hydrogen-bond acceptors (Lipinski definition) is 3. The molecule has 1 heterocycles. The Balaban J connectivity index is 1.76. The van der Waals surface area contributed by atoms with Crippen LogP contribution in [0.25, 0.3) is 0 Å². The Labute approximate surface area is 92.7 Å². The van der Waals surface area contributed by atoms with E-state index in [1.807, 2.05) is 0 Å². The molecule has 3 heteroatoms. The van der Waals surface area contributed by atoms with Crippen molar-refractivity contribution in [2.75, 3.05) is 19.8 Å². The number of hydrogen-bond donors (Lipinski definition) is 2. The standard InChI is InChI=1S/C12H24N2O/c1-12(6-7-15-9-12)14-8-10-4-2-3-5-11(10)13/h10-11,14H,2-9,13H2,1H3. The van der Waals surface area contributed by atoms with Crippen LogP contribution in [0.3, 0.4) is 0 Å². The zero-order valence-corrected chi connectivity index (χ0v) is 9.80. The highest BCUT2D eigenvalue weighted by Crippen LogP contribution is 2.24. The molecule has 2 rings (SSSR count). The predicted molar refractivity (Wildman–Crippen MR) is 61.8 cm³/mol. The quantitative estimate of drug-likeness (QED) is 0.740. The van der Waals surface area contributed by atoms with E-state index in [4.69, 9.17) is 10.5 Å². The maximum Gasteiger partial charge on any atom is 0.0646 e. The summed E-state index contributed by atoms with van der Waals surface area (Å²) < 4.78 is 5.43. The van der Waals surface area contributed by atoms with Crippen molar-refractivity contribution < 1.29 is 4.74 Å². The van der Waals surface area contributed by atoms with Crippen molar-refractivity contribution in [3.8, 4) is 0 Å². The van der Waals surface area contributed by atoms with Crippen molar-refractivity contribution in [3.63, 3.8) is 0 Å². The highest BCUT2D eigenvalue weighted by molar-refractivity contribution is 4.89. The SMILES string of the molecule is CC1(NCC2CCCCC2N)CCOC1. The van der Waals surface area contributed by atoms with E-state index < -0.39 is 0 Å². The van der Waals surface area contributed by atoms with Gasteiger partial charge in [0.2, 0.25) is 0 Å². The van der Waals surface area contributed by atoms with Crippen molar-refractivity contribution >= 4 is 0 Å². The minimum absolute atomic E-state index is 0.206. The maximum absolute atomic E-state index is 6.14. The molecule has 1 saturated carbocycles. The van der Waals surface area contributed by atoms with Crippen LogP contribution >= 0.6 is 0 Å². The maximum atomic E-state index is 6.14. The number of nitrogens with two attached hydrogens (primary N) is 1. The summed E-state index contributed by atoms with van der Waals surface area (Å²) in [4.78, 5) is 0. The van der Waals surface area contributed by atoms with Crippen LogP contribution in [-0.2, 0) is 4.74 Å². The van der Waals surface area contributed by atoms with Gasteiger partial charge in [0, 0.05) is 24.7 Å². The Bertz CT molecular complexity index is 202. The first-order chi connectivity index (χ1) is 7.20. The second-order valence-corrected chi connectivity index (χ2v) is 5.45. The molecule has 0 spiro atoms. The van der Waals surface area contributed by atoms with Crippen molar-refractivity contribution in [3.05, 3.63) is 0 Å². The average molecular weight is 212 g/mol. The van der Waals surface area contributed by atoms with Crippen LogP contribution in [0.4, 0.5) is 0 Å². The van der Waals surface area contributed by atoms with E-state index in [0.29, 0.717) is 12.0 Å². The van der Waals surface area contributed by atoms with E-state index in [1.54, 1.807) is 0 Å². The lowest BCUT2D eigenvalue weighted by molar-refractivity contribution is 0.166. The molecule has 3 atom stereocenters. The minimum atomic E-state index is 0.206. The molecule has 15 heavy (non-hydrogen) atoms. The molecule has 0 bridgehead atoms. The highest BCUT2D eigenvalue weighted by atomic mass is 16.5. The molecule has 3 N–H and O–H groups in total. The molecule has 1 saturated heterocycles. The number of rotatable bonds is 3. The lowest BCUT2D eigenvalue weighted by Gasteiger charge is -2.32. The molecule has 1 aliphatic heterocycles. The van der Waals surface area contributed by atoms with E-state index in [0.717, 1.165) is 26.2 Å². The third-order valence-corrected chi connectivity index (χ3v) is 3.98. The van der Waals surface area contributed by atoms with Crippen LogP contribution in [0.2, 0.25) is 0 Å². The predicted octanol–water partition coefficient (Wildman–Crippen LogP) is 1.27. The summed E-state index contributed by atoms with van der Waals surface area (Å²) >= 11 is 0. The topological polar surface area (TPSA) is 47.3 Å². The van der Waals surface area contributed by atoms with Gasteiger partial charge in [-0.15, -0.1) is 0 Å². The summed E-state index contributed by atoms with van der Waals surface area (Å²) in [6.45, 7) is 5.09. The molecular formula is C12H24N2O. The van der Waals surface area contributed by atoms with Crippen molar-refractivity contribution in [1.82, 2.24) is 5.32 Å². The monoisotopic (exact) mass is 212 g/mol. The Kier molecular flexibility index (Phi) is 3.65. The molecular weight excluding hydrogens is 188 g/mol. The highest BCUT2D eigenvalue weighted by Gasteiger charge is 2.31. The Morgan fingerprint density at radius 1 is 1.40 bits per heavy atom. The molecule has 0 radical (unpaired) electrons. The molecule has 1 aliphatic carbocycles. The Hall–Kier alpha value is -0.120. The largest absolute Gasteiger partial charge is 0.379 e. The first-order valence-electron chi connectivity index (χ1n) is 6.28. The molecule has 0 aromatic heterocycles. The van der Waals surface area contributed by atoms with E-state index in [1.165, 1.54) is 25.7 Å². The normalized spacial score (nSPS) is 42.0. The summed E-state index contributed by atoms with van der Waals surface area (Å²) in [5, 5.41) is 3.65. The van der Waals surface area contributed by atoms with Gasteiger partial charge in [-0.05, 0) is 32.1 Å². The minimum Gasteiger partial charge on any atom is -0.379 e. The molecule has 3 unspecified atom stereocenters. The summed E-state index contributed by atoms with van der Waals surface area (Å²) in [5.41, 5.74) is 6.34. The van der Waals surface area contributed by atoms with Crippen LogP contribution in [0, 0.1) is 5.92 Å². The third kappa shape index (κ3) is 2.92. The molecule has 3 nitrogen and oxygen atoms in total. The Morgan fingerprint density at radius 2 is 2.20 bits per heavy atom. The van der Waals surface area contributed by atoms with E-state index >= 15 is 0 Å². The van der Waals surface area contributed by atoms with E-state index in [-0.39, 0.29) is 5.54 Å². The van der Waals surface area contributed by atoms with Gasteiger partial charge in [-0.25, -0.2) is 0 Å². The number of nitrogens with one attached hydrogen (secondary N) is 1. The van der Waals surface area contributed by atoms with E-state index in [2.05, 4.69) is 12.2 Å². The fraction of sp³-hybridized carbons (Fsp3) is 1.00. The van der Waals surface area contributed by atoms with Crippen LogP contribution in [0.5, 0.6) is 0 Å². The van der Waals surface area contributed by atoms with Gasteiger partial charge in [0.25, 0.3) is 0 Å². The molecule has 88 valence electrons. The molecule has 0 aromatic rings. The summed E-state index contributed by atoms with van der Waals surface area (Å²) in [5.74, 6) is 0.677. The van der Waals surface area contributed by atoms with Gasteiger partial charge in [-0.2, -0.15) is 0 Å². The van der Waals surface area contributed by atoms with Gasteiger partial charge in [-0.3, -0.25) is 0 Å². The average Bonchev–Trinajstić information content (AvgIpc) is 2.65. The second kappa shape index (κ2) is 4.81. The van der Waals surface area contributed by atoms with Gasteiger partial charge < -0.3 is 15.8 Å². The first kappa shape index (κ1) is 11.4. The second-order valence-electron chi connectivity index (χ2n) is 5.45. The van der Waals surface area contributed by atoms with Gasteiger partial charge in [0.15, 0.2) is 0 Å². The molecule has 0 amide bonds. The zero-order valence-electron chi connectivity index (χ0n) is 9.80. The summed E-state index contributed by atoms with van der Waals surface area (Å²) in [7, 11) is 0. The summed E-state index contributed by atoms with van der Waals surface area (Å²) in [6.07, 6.45) is 6.31.